The van der Waals surface area contributed by atoms with Gasteiger partial charge in [0.05, 0.1) is 11.5 Å². The Bertz CT molecular complexity index is 827. The molecule has 0 saturated heterocycles. The first-order valence-corrected chi connectivity index (χ1v) is 8.95. The average molecular weight is 339 g/mol. The maximum Gasteiger partial charge on any atom is 0.205 e. The lowest BCUT2D eigenvalue weighted by Crippen LogP contribution is -2.21. The second kappa shape index (κ2) is 6.65. The highest BCUT2D eigenvalue weighted by Crippen LogP contribution is 2.34. The molecule has 1 saturated carbocycles. The van der Waals surface area contributed by atoms with Crippen LogP contribution in [0.2, 0.25) is 0 Å². The Hall–Kier alpha value is -2.34. The molecule has 6 heteroatoms. The van der Waals surface area contributed by atoms with Gasteiger partial charge in [-0.2, -0.15) is 0 Å². The third-order valence-corrected chi connectivity index (χ3v) is 5.39. The molecule has 3 aromatic rings. The number of carbonyl (C=O) groups excluding carboxylic acids is 1. The summed E-state index contributed by atoms with van der Waals surface area (Å²) in [6.45, 7) is 0. The van der Waals surface area contributed by atoms with Crippen molar-refractivity contribution in [1.82, 2.24) is 14.8 Å². The highest BCUT2D eigenvalue weighted by Gasteiger charge is 2.27. The van der Waals surface area contributed by atoms with Gasteiger partial charge in [0.25, 0.3) is 0 Å². The molecular formula is C18H17N3O2S. The fraction of sp³-hybridized carbons (Fsp3) is 0.278. The van der Waals surface area contributed by atoms with E-state index in [9.17, 15) is 4.79 Å². The Labute approximate surface area is 144 Å². The van der Waals surface area contributed by atoms with Gasteiger partial charge in [0.2, 0.25) is 5.82 Å². The van der Waals surface area contributed by atoms with Crippen LogP contribution in [-0.2, 0) is 4.79 Å². The summed E-state index contributed by atoms with van der Waals surface area (Å²) in [6, 6.07) is 13.6. The molecule has 1 unspecified atom stereocenters. The molecule has 0 aliphatic heterocycles. The van der Waals surface area contributed by atoms with Gasteiger partial charge in [-0.25, -0.2) is 0 Å². The van der Waals surface area contributed by atoms with Crippen LogP contribution in [0.4, 0.5) is 0 Å². The lowest BCUT2D eigenvalue weighted by molar-refractivity contribution is -0.119. The summed E-state index contributed by atoms with van der Waals surface area (Å²) in [7, 11) is 0. The van der Waals surface area contributed by atoms with Gasteiger partial charge in [0, 0.05) is 12.1 Å². The fourth-order valence-corrected chi connectivity index (χ4v) is 4.10. The minimum Gasteiger partial charge on any atom is -0.461 e. The van der Waals surface area contributed by atoms with Crippen molar-refractivity contribution in [2.75, 3.05) is 0 Å². The topological polar surface area (TPSA) is 60.9 Å². The fourth-order valence-electron chi connectivity index (χ4n) is 2.92. The minimum absolute atomic E-state index is 0.0325. The molecule has 5 nitrogen and oxygen atoms in total. The maximum atomic E-state index is 12.2. The van der Waals surface area contributed by atoms with Gasteiger partial charge < -0.3 is 4.42 Å². The van der Waals surface area contributed by atoms with Gasteiger partial charge in [-0.3, -0.25) is 9.36 Å². The number of carbonyl (C=O) groups is 1. The normalized spacial score (nSPS) is 18.0. The van der Waals surface area contributed by atoms with Gasteiger partial charge in [0.1, 0.15) is 5.78 Å². The van der Waals surface area contributed by atoms with Gasteiger partial charge in [-0.1, -0.05) is 36.4 Å². The predicted molar refractivity (Wildman–Crippen MR) is 92.2 cm³/mol. The van der Waals surface area contributed by atoms with Crippen LogP contribution in [0.3, 0.4) is 0 Å². The molecular weight excluding hydrogens is 322 g/mol. The van der Waals surface area contributed by atoms with E-state index in [-0.39, 0.29) is 5.25 Å². The molecule has 1 aromatic carbocycles. The molecule has 0 N–H and O–H groups in total. The van der Waals surface area contributed by atoms with Gasteiger partial charge in [-0.05, 0) is 37.1 Å². The molecule has 0 bridgehead atoms. The Morgan fingerprint density at radius 2 is 1.96 bits per heavy atom. The second-order valence-corrected chi connectivity index (χ2v) is 6.94. The number of para-hydroxylation sites is 1. The molecule has 4 rings (SSSR count). The van der Waals surface area contributed by atoms with E-state index >= 15 is 0 Å². The first-order chi connectivity index (χ1) is 11.8. The van der Waals surface area contributed by atoms with Crippen molar-refractivity contribution in [2.24, 2.45) is 0 Å². The second-order valence-electron chi connectivity index (χ2n) is 5.77. The predicted octanol–water partition coefficient (Wildman–Crippen LogP) is 4.13. The van der Waals surface area contributed by atoms with Gasteiger partial charge in [-0.15, -0.1) is 10.2 Å². The molecule has 1 fully saturated rings. The van der Waals surface area contributed by atoms with Crippen LogP contribution < -0.4 is 0 Å². The zero-order chi connectivity index (χ0) is 16.4. The number of rotatable bonds is 4. The van der Waals surface area contributed by atoms with Gasteiger partial charge >= 0.3 is 0 Å². The van der Waals surface area contributed by atoms with E-state index in [1.54, 1.807) is 6.26 Å². The molecule has 1 aliphatic rings. The van der Waals surface area contributed by atoms with Crippen molar-refractivity contribution in [3.8, 4) is 17.3 Å². The standard InChI is InChI=1S/C18H17N3O2S/c22-14-9-4-5-11-16(14)24-18-20-19-17(15-10-6-12-23-15)21(18)13-7-2-1-3-8-13/h1-3,6-8,10,12,16H,4-5,9,11H2. The number of hydrogen-bond donors (Lipinski definition) is 0. The molecule has 0 radical (unpaired) electrons. The number of aromatic nitrogens is 3. The third-order valence-electron chi connectivity index (χ3n) is 4.14. The van der Waals surface area contributed by atoms with E-state index in [4.69, 9.17) is 4.42 Å². The van der Waals surface area contributed by atoms with E-state index in [1.165, 1.54) is 11.8 Å². The Morgan fingerprint density at radius 1 is 1.08 bits per heavy atom. The number of benzene rings is 1. The molecule has 24 heavy (non-hydrogen) atoms. The SMILES string of the molecule is O=C1CCCCC1Sc1nnc(-c2ccco2)n1-c1ccccc1. The van der Waals surface area contributed by atoms with Crippen LogP contribution >= 0.6 is 11.8 Å². The summed E-state index contributed by atoms with van der Waals surface area (Å²) in [5.41, 5.74) is 0.958. The highest BCUT2D eigenvalue weighted by molar-refractivity contribution is 8.00. The Balaban J connectivity index is 1.75. The molecule has 1 aliphatic carbocycles. The molecule has 1 atom stereocenters. The van der Waals surface area contributed by atoms with E-state index in [0.29, 0.717) is 23.8 Å². The first kappa shape index (κ1) is 15.2. The highest BCUT2D eigenvalue weighted by atomic mass is 32.2. The zero-order valence-electron chi connectivity index (χ0n) is 13.1. The van der Waals surface area contributed by atoms with Crippen LogP contribution in [0, 0.1) is 0 Å². The summed E-state index contributed by atoms with van der Waals surface area (Å²) in [4.78, 5) is 12.2. The summed E-state index contributed by atoms with van der Waals surface area (Å²) in [5.74, 6) is 1.62. The number of thioether (sulfide) groups is 1. The van der Waals surface area contributed by atoms with E-state index < -0.39 is 0 Å². The Kier molecular flexibility index (Phi) is 4.21. The molecule has 2 heterocycles. The number of furan rings is 1. The molecule has 0 amide bonds. The lowest BCUT2D eigenvalue weighted by atomic mass is 9.99. The number of nitrogens with zero attached hydrogens (tertiary/aromatic N) is 3. The van der Waals surface area contributed by atoms with Crippen molar-refractivity contribution in [3.63, 3.8) is 0 Å². The zero-order valence-corrected chi connectivity index (χ0v) is 13.9. The van der Waals surface area contributed by atoms with Gasteiger partial charge in [0.15, 0.2) is 10.9 Å². The summed E-state index contributed by atoms with van der Waals surface area (Å²) >= 11 is 1.51. The monoisotopic (exact) mass is 339 g/mol. The maximum absolute atomic E-state index is 12.2. The van der Waals surface area contributed by atoms with Crippen LogP contribution in [0.15, 0.2) is 58.3 Å². The van der Waals surface area contributed by atoms with Crippen molar-refractivity contribution >= 4 is 17.5 Å². The Morgan fingerprint density at radius 3 is 2.71 bits per heavy atom. The van der Waals surface area contributed by atoms with E-state index in [0.717, 1.165) is 30.1 Å². The minimum atomic E-state index is -0.0325. The van der Waals surface area contributed by atoms with Crippen LogP contribution in [0.1, 0.15) is 25.7 Å². The number of Topliss-reactive ketones (excluding diaryl/α,β-unsaturated/α-hetero) is 1. The number of ketones is 1. The summed E-state index contributed by atoms with van der Waals surface area (Å²) in [6.07, 6.45) is 5.28. The van der Waals surface area contributed by atoms with E-state index in [1.807, 2.05) is 47.0 Å². The van der Waals surface area contributed by atoms with Crippen molar-refractivity contribution < 1.29 is 9.21 Å². The van der Waals surface area contributed by atoms with Crippen molar-refractivity contribution in [3.05, 3.63) is 48.7 Å². The number of hydrogen-bond acceptors (Lipinski definition) is 5. The van der Waals surface area contributed by atoms with Crippen molar-refractivity contribution in [1.29, 1.82) is 0 Å². The quantitative estimate of drug-likeness (QED) is 0.715. The van der Waals surface area contributed by atoms with Crippen LogP contribution in [-0.4, -0.2) is 25.8 Å². The lowest BCUT2D eigenvalue weighted by Gasteiger charge is -2.19. The summed E-state index contributed by atoms with van der Waals surface area (Å²) < 4.78 is 7.47. The molecule has 122 valence electrons. The van der Waals surface area contributed by atoms with Crippen molar-refractivity contribution in [2.45, 2.75) is 36.1 Å². The third kappa shape index (κ3) is 2.89. The first-order valence-electron chi connectivity index (χ1n) is 8.07. The largest absolute Gasteiger partial charge is 0.461 e. The smallest absolute Gasteiger partial charge is 0.205 e. The molecule has 0 spiro atoms. The van der Waals surface area contributed by atoms with E-state index in [2.05, 4.69) is 10.2 Å². The van der Waals surface area contributed by atoms with Crippen LogP contribution in [0.25, 0.3) is 17.3 Å². The van der Waals surface area contributed by atoms with Crippen LogP contribution in [0.5, 0.6) is 0 Å². The average Bonchev–Trinajstić information content (AvgIpc) is 3.27. The molecule has 2 aromatic heterocycles. The summed E-state index contributed by atoms with van der Waals surface area (Å²) in [5, 5.41) is 9.35.